The Hall–Kier alpha value is -2.24. The molecule has 0 fully saturated rings. The normalized spacial score (nSPS) is 10.9. The molecule has 0 heterocycles. The Kier molecular flexibility index (Phi) is 4.45. The summed E-state index contributed by atoms with van der Waals surface area (Å²) >= 11 is 0. The maximum absolute atomic E-state index is 12.4. The van der Waals surface area contributed by atoms with Crippen LogP contribution in [0.15, 0.2) is 48.5 Å². The van der Waals surface area contributed by atoms with Crippen LogP contribution in [0, 0.1) is 0 Å². The number of benzene rings is 2. The van der Waals surface area contributed by atoms with E-state index < -0.39 is 13.2 Å². The highest BCUT2D eigenvalue weighted by molar-refractivity contribution is 5.75. The topological polar surface area (TPSA) is 18.5 Å². The van der Waals surface area contributed by atoms with Crippen molar-refractivity contribution < 1.29 is 27.0 Å². The third-order valence-corrected chi connectivity index (χ3v) is 2.50. The molecule has 0 aliphatic rings. The Bertz CT molecular complexity index is 521. The number of ether oxygens (including phenoxy) is 2. The molecule has 0 N–H and O–H groups in total. The van der Waals surface area contributed by atoms with Crippen molar-refractivity contribution in [3.05, 3.63) is 48.5 Å². The Balaban J connectivity index is 2.46. The van der Waals surface area contributed by atoms with Gasteiger partial charge in [0.15, 0.2) is 0 Å². The molecule has 6 heteroatoms. The molecule has 0 aliphatic heterocycles. The highest BCUT2D eigenvalue weighted by Crippen LogP contribution is 2.37. The van der Waals surface area contributed by atoms with Gasteiger partial charge in [0.2, 0.25) is 0 Å². The van der Waals surface area contributed by atoms with E-state index in [0.717, 1.165) is 0 Å². The Labute approximate surface area is 112 Å². The van der Waals surface area contributed by atoms with Crippen molar-refractivity contribution in [1.82, 2.24) is 0 Å². The van der Waals surface area contributed by atoms with Crippen LogP contribution in [-0.4, -0.2) is 13.2 Å². The summed E-state index contributed by atoms with van der Waals surface area (Å²) in [7, 11) is 0. The first-order valence-electron chi connectivity index (χ1n) is 5.66. The van der Waals surface area contributed by atoms with Gasteiger partial charge in [-0.05, 0) is 12.1 Å². The van der Waals surface area contributed by atoms with Gasteiger partial charge in [-0.3, -0.25) is 0 Å². The van der Waals surface area contributed by atoms with Crippen LogP contribution in [0.25, 0.3) is 11.1 Å². The van der Waals surface area contributed by atoms with Crippen LogP contribution < -0.4 is 9.47 Å². The molecule has 20 heavy (non-hydrogen) atoms. The van der Waals surface area contributed by atoms with Crippen molar-refractivity contribution in [3.8, 4) is 22.6 Å². The summed E-state index contributed by atoms with van der Waals surface area (Å²) in [5, 5.41) is 0. The van der Waals surface area contributed by atoms with Gasteiger partial charge in [0, 0.05) is 11.1 Å². The zero-order valence-corrected chi connectivity index (χ0v) is 10.1. The molecular weight excluding hydrogens is 276 g/mol. The van der Waals surface area contributed by atoms with Crippen LogP contribution in [-0.2, 0) is 0 Å². The van der Waals surface area contributed by atoms with Crippen LogP contribution in [0.3, 0.4) is 0 Å². The fourth-order valence-electron chi connectivity index (χ4n) is 1.78. The van der Waals surface area contributed by atoms with Crippen LogP contribution in [0.4, 0.5) is 17.6 Å². The number of halogens is 4. The molecule has 0 amide bonds. The minimum atomic E-state index is -3.00. The van der Waals surface area contributed by atoms with Crippen molar-refractivity contribution in [1.29, 1.82) is 0 Å². The average Bonchev–Trinajstić information content (AvgIpc) is 2.39. The molecule has 2 aromatic carbocycles. The van der Waals surface area contributed by atoms with Crippen LogP contribution in [0.1, 0.15) is 0 Å². The van der Waals surface area contributed by atoms with Crippen LogP contribution in [0.2, 0.25) is 0 Å². The Morgan fingerprint density at radius 3 is 1.30 bits per heavy atom. The second-order valence-electron chi connectivity index (χ2n) is 3.75. The Morgan fingerprint density at radius 2 is 0.950 bits per heavy atom. The van der Waals surface area contributed by atoms with Gasteiger partial charge in [0.05, 0.1) is 0 Å². The van der Waals surface area contributed by atoms with E-state index >= 15 is 0 Å². The molecule has 0 unspecified atom stereocenters. The van der Waals surface area contributed by atoms with E-state index in [2.05, 4.69) is 9.47 Å². The highest BCUT2D eigenvalue weighted by atomic mass is 19.3. The molecule has 0 spiro atoms. The number of hydrogen-bond acceptors (Lipinski definition) is 2. The van der Waals surface area contributed by atoms with Gasteiger partial charge in [0.25, 0.3) is 0 Å². The first-order chi connectivity index (χ1) is 9.58. The van der Waals surface area contributed by atoms with Crippen molar-refractivity contribution in [2.75, 3.05) is 0 Å². The summed E-state index contributed by atoms with van der Waals surface area (Å²) in [6, 6.07) is 11.9. The lowest BCUT2D eigenvalue weighted by atomic mass is 10.0. The fraction of sp³-hybridized carbons (Fsp3) is 0.143. The second kappa shape index (κ2) is 6.27. The molecule has 0 aliphatic carbocycles. The average molecular weight is 286 g/mol. The quantitative estimate of drug-likeness (QED) is 0.750. The highest BCUT2D eigenvalue weighted by Gasteiger charge is 2.15. The maximum Gasteiger partial charge on any atom is 0.387 e. The van der Waals surface area contributed by atoms with E-state index in [1.807, 2.05) is 0 Å². The zero-order chi connectivity index (χ0) is 14.5. The van der Waals surface area contributed by atoms with Crippen LogP contribution in [0.5, 0.6) is 11.5 Å². The van der Waals surface area contributed by atoms with Gasteiger partial charge in [-0.2, -0.15) is 17.6 Å². The first kappa shape index (κ1) is 14.2. The third-order valence-electron chi connectivity index (χ3n) is 2.50. The summed E-state index contributed by atoms with van der Waals surface area (Å²) in [6.07, 6.45) is 0. The number of para-hydroxylation sites is 2. The van der Waals surface area contributed by atoms with Gasteiger partial charge in [-0.15, -0.1) is 0 Å². The summed E-state index contributed by atoms with van der Waals surface area (Å²) in [6.45, 7) is -6.00. The molecule has 0 saturated carbocycles. The largest absolute Gasteiger partial charge is 0.434 e. The molecule has 2 nitrogen and oxygen atoms in total. The SMILES string of the molecule is FC(F)Oc1ccccc1-c1ccccc1OC(F)F. The third kappa shape index (κ3) is 3.40. The molecule has 2 aromatic rings. The van der Waals surface area contributed by atoms with E-state index in [1.54, 1.807) is 12.1 Å². The lowest BCUT2D eigenvalue weighted by Crippen LogP contribution is -2.05. The summed E-state index contributed by atoms with van der Waals surface area (Å²) in [5.74, 6) is -0.208. The lowest BCUT2D eigenvalue weighted by molar-refractivity contribution is -0.0513. The zero-order valence-electron chi connectivity index (χ0n) is 10.1. The van der Waals surface area contributed by atoms with Crippen LogP contribution >= 0.6 is 0 Å². The fourth-order valence-corrected chi connectivity index (χ4v) is 1.78. The molecule has 2 rings (SSSR count). The number of hydrogen-bond donors (Lipinski definition) is 0. The first-order valence-corrected chi connectivity index (χ1v) is 5.66. The number of rotatable bonds is 5. The molecule has 0 aromatic heterocycles. The van der Waals surface area contributed by atoms with Gasteiger partial charge >= 0.3 is 13.2 Å². The molecule has 0 atom stereocenters. The van der Waals surface area contributed by atoms with E-state index in [1.165, 1.54) is 36.4 Å². The van der Waals surface area contributed by atoms with E-state index in [4.69, 9.17) is 0 Å². The molecule has 0 radical (unpaired) electrons. The maximum atomic E-state index is 12.4. The minimum absolute atomic E-state index is 0.104. The lowest BCUT2D eigenvalue weighted by Gasteiger charge is -2.14. The standard InChI is InChI=1S/C14H10F4O2/c15-13(16)19-11-7-3-1-5-9(11)10-6-2-4-8-12(10)20-14(17)18/h1-8,13-14H. The molecule has 0 saturated heterocycles. The van der Waals surface area contributed by atoms with Gasteiger partial charge in [-0.1, -0.05) is 36.4 Å². The molecule has 106 valence electrons. The predicted molar refractivity (Wildman–Crippen MR) is 65.1 cm³/mol. The van der Waals surface area contributed by atoms with Crippen molar-refractivity contribution >= 4 is 0 Å². The van der Waals surface area contributed by atoms with Gasteiger partial charge in [-0.25, -0.2) is 0 Å². The summed E-state index contributed by atoms with van der Waals surface area (Å²) < 4.78 is 58.2. The minimum Gasteiger partial charge on any atom is -0.434 e. The van der Waals surface area contributed by atoms with Gasteiger partial charge in [0.1, 0.15) is 11.5 Å². The van der Waals surface area contributed by atoms with E-state index in [9.17, 15) is 17.6 Å². The van der Waals surface area contributed by atoms with E-state index in [0.29, 0.717) is 0 Å². The summed E-state index contributed by atoms with van der Waals surface area (Å²) in [5.41, 5.74) is 0.508. The summed E-state index contributed by atoms with van der Waals surface area (Å²) in [4.78, 5) is 0. The monoisotopic (exact) mass is 286 g/mol. The molecular formula is C14H10F4O2. The number of alkyl halides is 4. The second-order valence-corrected chi connectivity index (χ2v) is 3.75. The predicted octanol–water partition coefficient (Wildman–Crippen LogP) is 4.56. The van der Waals surface area contributed by atoms with Crippen molar-refractivity contribution in [2.24, 2.45) is 0 Å². The molecule has 0 bridgehead atoms. The smallest absolute Gasteiger partial charge is 0.387 e. The van der Waals surface area contributed by atoms with Gasteiger partial charge < -0.3 is 9.47 Å². The van der Waals surface area contributed by atoms with Crippen molar-refractivity contribution in [3.63, 3.8) is 0 Å². The van der Waals surface area contributed by atoms with Crippen molar-refractivity contribution in [2.45, 2.75) is 13.2 Å². The Morgan fingerprint density at radius 1 is 0.600 bits per heavy atom. The van der Waals surface area contributed by atoms with E-state index in [-0.39, 0.29) is 22.6 Å².